The predicted octanol–water partition coefficient (Wildman–Crippen LogP) is 5.59. The zero-order valence-electron chi connectivity index (χ0n) is 16.5. The first-order chi connectivity index (χ1) is 13.3. The normalized spacial score (nSPS) is 12.6. The third-order valence-electron chi connectivity index (χ3n) is 4.71. The minimum Gasteiger partial charge on any atom is -0.336 e. The summed E-state index contributed by atoms with van der Waals surface area (Å²) in [7, 11) is 1.85. The number of likely N-dealkylation sites (N-methyl/N-ethyl adjacent to an activating group) is 1. The Labute approximate surface area is 175 Å². The van der Waals surface area contributed by atoms with Gasteiger partial charge in [-0.3, -0.25) is 9.78 Å². The molecule has 146 valence electrons. The number of aromatic nitrogens is 2. The van der Waals surface area contributed by atoms with Crippen LogP contribution in [0.2, 0.25) is 5.02 Å². The van der Waals surface area contributed by atoms with Crippen LogP contribution in [0.4, 0.5) is 0 Å². The van der Waals surface area contributed by atoms with Gasteiger partial charge in [-0.05, 0) is 29.7 Å². The van der Waals surface area contributed by atoms with Gasteiger partial charge in [-0.2, -0.15) is 0 Å². The van der Waals surface area contributed by atoms with Crippen LogP contribution in [0.15, 0.2) is 54.0 Å². The molecule has 0 aliphatic carbocycles. The first-order valence-corrected chi connectivity index (χ1v) is 10.4. The zero-order valence-corrected chi connectivity index (χ0v) is 18.1. The maximum Gasteiger partial charge on any atom is 0.273 e. The molecule has 4 nitrogen and oxygen atoms in total. The molecule has 0 saturated carbocycles. The first kappa shape index (κ1) is 20.5. The molecule has 0 saturated heterocycles. The molecule has 1 unspecified atom stereocenters. The summed E-state index contributed by atoms with van der Waals surface area (Å²) in [5.74, 6) is -0.0830. The highest BCUT2D eigenvalue weighted by molar-refractivity contribution is 7.13. The molecule has 2 heterocycles. The SMILES string of the molecule is CN(C(=O)c1csc(-c2cccc(Cl)c2)n1)C(Cc1ccccn1)C(C)(C)C. The summed E-state index contributed by atoms with van der Waals surface area (Å²) >= 11 is 7.53. The van der Waals surface area contributed by atoms with Gasteiger partial charge in [0, 0.05) is 47.4 Å². The van der Waals surface area contributed by atoms with E-state index in [0.717, 1.165) is 16.3 Å². The lowest BCUT2D eigenvalue weighted by Crippen LogP contribution is -2.46. The lowest BCUT2D eigenvalue weighted by Gasteiger charge is -2.37. The molecule has 3 aromatic rings. The van der Waals surface area contributed by atoms with E-state index in [1.807, 2.05) is 54.9 Å². The molecule has 6 heteroatoms. The highest BCUT2D eigenvalue weighted by atomic mass is 35.5. The number of amides is 1. The molecule has 0 aliphatic heterocycles. The lowest BCUT2D eigenvalue weighted by molar-refractivity contribution is 0.0591. The molecule has 28 heavy (non-hydrogen) atoms. The molecule has 0 N–H and O–H groups in total. The molecule has 0 aliphatic rings. The Hall–Kier alpha value is -2.24. The molecule has 0 bridgehead atoms. The van der Waals surface area contributed by atoms with E-state index in [4.69, 9.17) is 11.6 Å². The van der Waals surface area contributed by atoms with Crippen LogP contribution in [0.25, 0.3) is 10.6 Å². The van der Waals surface area contributed by atoms with E-state index in [2.05, 4.69) is 30.7 Å². The second-order valence-corrected chi connectivity index (χ2v) is 9.17. The van der Waals surface area contributed by atoms with Gasteiger partial charge in [0.05, 0.1) is 0 Å². The maximum absolute atomic E-state index is 13.2. The Bertz CT molecular complexity index is 950. The summed E-state index contributed by atoms with van der Waals surface area (Å²) in [6.07, 6.45) is 2.48. The van der Waals surface area contributed by atoms with E-state index < -0.39 is 0 Å². The van der Waals surface area contributed by atoms with Crippen LogP contribution in [-0.4, -0.2) is 33.9 Å². The minimum atomic E-state index is -0.103. The number of benzene rings is 1. The van der Waals surface area contributed by atoms with Crippen molar-refractivity contribution in [1.82, 2.24) is 14.9 Å². The van der Waals surface area contributed by atoms with Crippen LogP contribution in [0.1, 0.15) is 37.0 Å². The van der Waals surface area contributed by atoms with E-state index in [-0.39, 0.29) is 17.4 Å². The van der Waals surface area contributed by atoms with Gasteiger partial charge in [0.1, 0.15) is 10.7 Å². The van der Waals surface area contributed by atoms with Gasteiger partial charge in [-0.1, -0.05) is 50.6 Å². The van der Waals surface area contributed by atoms with Gasteiger partial charge >= 0.3 is 0 Å². The van der Waals surface area contributed by atoms with Crippen molar-refractivity contribution in [2.45, 2.75) is 33.2 Å². The van der Waals surface area contributed by atoms with Crippen molar-refractivity contribution >= 4 is 28.8 Å². The Morgan fingerprint density at radius 1 is 1.21 bits per heavy atom. The van der Waals surface area contributed by atoms with Gasteiger partial charge in [0.15, 0.2) is 0 Å². The number of thiazole rings is 1. The van der Waals surface area contributed by atoms with Crippen molar-refractivity contribution < 1.29 is 4.79 Å². The molecular formula is C22H24ClN3OS. The molecule has 0 radical (unpaired) electrons. The number of carbonyl (C=O) groups is 1. The third kappa shape index (κ3) is 4.78. The Kier molecular flexibility index (Phi) is 6.16. The molecule has 2 aromatic heterocycles. The van der Waals surface area contributed by atoms with Crippen LogP contribution < -0.4 is 0 Å². The average molecular weight is 414 g/mol. The minimum absolute atomic E-state index is 0.00813. The average Bonchev–Trinajstić information content (AvgIpc) is 3.15. The topological polar surface area (TPSA) is 46.1 Å². The van der Waals surface area contributed by atoms with E-state index in [9.17, 15) is 4.79 Å². The lowest BCUT2D eigenvalue weighted by atomic mass is 9.83. The third-order valence-corrected chi connectivity index (χ3v) is 5.84. The highest BCUT2D eigenvalue weighted by Gasteiger charge is 2.32. The van der Waals surface area contributed by atoms with Gasteiger partial charge in [0.2, 0.25) is 0 Å². The number of carbonyl (C=O) groups excluding carboxylic acids is 1. The van der Waals surface area contributed by atoms with Gasteiger partial charge < -0.3 is 4.90 Å². The first-order valence-electron chi connectivity index (χ1n) is 9.14. The molecule has 1 aromatic carbocycles. The van der Waals surface area contributed by atoms with E-state index in [1.54, 1.807) is 11.1 Å². The number of pyridine rings is 1. The van der Waals surface area contributed by atoms with Crippen LogP contribution in [0, 0.1) is 5.41 Å². The Balaban J connectivity index is 1.83. The molecular weight excluding hydrogens is 390 g/mol. The van der Waals surface area contributed by atoms with Crippen molar-refractivity contribution in [3.8, 4) is 10.6 Å². The largest absolute Gasteiger partial charge is 0.336 e. The van der Waals surface area contributed by atoms with Crippen molar-refractivity contribution in [1.29, 1.82) is 0 Å². The monoisotopic (exact) mass is 413 g/mol. The van der Waals surface area contributed by atoms with Crippen LogP contribution in [0.5, 0.6) is 0 Å². The van der Waals surface area contributed by atoms with Crippen LogP contribution in [-0.2, 0) is 6.42 Å². The van der Waals surface area contributed by atoms with Crippen molar-refractivity contribution in [2.24, 2.45) is 5.41 Å². The summed E-state index contributed by atoms with van der Waals surface area (Å²) in [5, 5.41) is 3.26. The molecule has 3 rings (SSSR count). The molecule has 0 fully saturated rings. The smallest absolute Gasteiger partial charge is 0.273 e. The number of hydrogen-bond acceptors (Lipinski definition) is 4. The fourth-order valence-electron chi connectivity index (χ4n) is 3.19. The van der Waals surface area contributed by atoms with Gasteiger partial charge in [0.25, 0.3) is 5.91 Å². The molecule has 1 atom stereocenters. The fourth-order valence-corrected chi connectivity index (χ4v) is 4.17. The summed E-state index contributed by atoms with van der Waals surface area (Å²) in [6.45, 7) is 6.43. The van der Waals surface area contributed by atoms with Crippen molar-refractivity contribution in [3.63, 3.8) is 0 Å². The Morgan fingerprint density at radius 3 is 2.64 bits per heavy atom. The number of nitrogens with zero attached hydrogens (tertiary/aromatic N) is 3. The summed E-state index contributed by atoms with van der Waals surface area (Å²) in [6, 6.07) is 13.4. The van der Waals surface area contributed by atoms with E-state index in [0.29, 0.717) is 17.1 Å². The maximum atomic E-state index is 13.2. The fraction of sp³-hybridized carbons (Fsp3) is 0.318. The van der Waals surface area contributed by atoms with Crippen LogP contribution >= 0.6 is 22.9 Å². The van der Waals surface area contributed by atoms with E-state index >= 15 is 0 Å². The van der Waals surface area contributed by atoms with E-state index in [1.165, 1.54) is 11.3 Å². The summed E-state index contributed by atoms with van der Waals surface area (Å²) < 4.78 is 0. The van der Waals surface area contributed by atoms with Crippen molar-refractivity contribution in [2.75, 3.05) is 7.05 Å². The van der Waals surface area contributed by atoms with Gasteiger partial charge in [-0.15, -0.1) is 11.3 Å². The number of hydrogen-bond donors (Lipinski definition) is 0. The molecule has 1 amide bonds. The summed E-state index contributed by atoms with van der Waals surface area (Å²) in [5.41, 5.74) is 2.24. The summed E-state index contributed by atoms with van der Waals surface area (Å²) in [4.78, 5) is 24.0. The van der Waals surface area contributed by atoms with Crippen LogP contribution in [0.3, 0.4) is 0 Å². The second-order valence-electron chi connectivity index (χ2n) is 7.87. The van der Waals surface area contributed by atoms with Gasteiger partial charge in [-0.25, -0.2) is 4.98 Å². The predicted molar refractivity (Wildman–Crippen MR) is 116 cm³/mol. The second kappa shape index (κ2) is 8.41. The highest BCUT2D eigenvalue weighted by Crippen LogP contribution is 2.30. The van der Waals surface area contributed by atoms with Crippen molar-refractivity contribution in [3.05, 3.63) is 70.5 Å². The Morgan fingerprint density at radius 2 is 2.00 bits per heavy atom. The number of rotatable bonds is 5. The zero-order chi connectivity index (χ0) is 20.3. The quantitative estimate of drug-likeness (QED) is 0.547. The number of halogens is 1. The molecule has 0 spiro atoms. The standard InChI is InChI=1S/C22H24ClN3OS/c1-22(2,3)19(13-17-10-5-6-11-24-17)26(4)21(27)18-14-28-20(25-18)15-8-7-9-16(23)12-15/h5-12,14,19H,13H2,1-4H3.